The maximum Gasteiger partial charge on any atom is 0.316 e. The number of hydrogen-bond donors (Lipinski definition) is 3. The van der Waals surface area contributed by atoms with Crippen molar-refractivity contribution >= 4 is 23.0 Å². The Morgan fingerprint density at radius 2 is 2.17 bits per heavy atom. The van der Waals surface area contributed by atoms with Gasteiger partial charge in [-0.3, -0.25) is 20.8 Å². The van der Waals surface area contributed by atoms with E-state index >= 15 is 0 Å². The molecule has 0 spiro atoms. The van der Waals surface area contributed by atoms with Crippen LogP contribution in [-0.4, -0.2) is 24.5 Å². The molecule has 0 aliphatic carbocycles. The number of ether oxygens (including phenoxy) is 1. The molecule has 1 rings (SSSR count). The van der Waals surface area contributed by atoms with Crippen molar-refractivity contribution in [3.8, 4) is 0 Å². The molecule has 18 heavy (non-hydrogen) atoms. The average molecular weight is 254 g/mol. The number of para-hydroxylation sites is 1. The number of nitro groups is 1. The zero-order valence-corrected chi connectivity index (χ0v) is 9.80. The van der Waals surface area contributed by atoms with Crippen molar-refractivity contribution in [3.05, 3.63) is 28.3 Å². The standard InChI is InChI=1S/C10H14N4O4/c1-18-9(15)5-6-12-7-3-2-4-8(13-11)10(7)14(16)17/h2-4,12-13H,5-6,11H2,1H3. The Labute approximate surface area is 103 Å². The molecule has 0 aromatic heterocycles. The number of hydrazine groups is 1. The van der Waals surface area contributed by atoms with E-state index in [1.807, 2.05) is 0 Å². The molecule has 0 atom stereocenters. The van der Waals surface area contributed by atoms with Gasteiger partial charge < -0.3 is 15.5 Å². The molecule has 8 nitrogen and oxygen atoms in total. The van der Waals surface area contributed by atoms with Crippen LogP contribution in [0.3, 0.4) is 0 Å². The Balaban J connectivity index is 2.82. The van der Waals surface area contributed by atoms with Crippen LogP contribution in [0.5, 0.6) is 0 Å². The van der Waals surface area contributed by atoms with E-state index in [1.165, 1.54) is 19.2 Å². The fourth-order valence-electron chi connectivity index (χ4n) is 1.40. The number of nitrogens with zero attached hydrogens (tertiary/aromatic N) is 1. The van der Waals surface area contributed by atoms with Crippen LogP contribution < -0.4 is 16.6 Å². The Bertz CT molecular complexity index is 450. The summed E-state index contributed by atoms with van der Waals surface area (Å²) in [4.78, 5) is 21.3. The maximum absolute atomic E-state index is 10.9. The monoisotopic (exact) mass is 254 g/mol. The third-order valence-electron chi connectivity index (χ3n) is 2.25. The number of benzene rings is 1. The van der Waals surface area contributed by atoms with Crippen molar-refractivity contribution in [1.82, 2.24) is 0 Å². The van der Waals surface area contributed by atoms with Gasteiger partial charge in [0.1, 0.15) is 11.4 Å². The molecular weight excluding hydrogens is 240 g/mol. The second-order valence-electron chi connectivity index (χ2n) is 3.36. The fraction of sp³-hybridized carbons (Fsp3) is 0.300. The molecule has 4 N–H and O–H groups in total. The molecule has 0 unspecified atom stereocenters. The number of nitrogens with two attached hydrogens (primary N) is 1. The third kappa shape index (κ3) is 3.32. The first kappa shape index (κ1) is 13.7. The highest BCUT2D eigenvalue weighted by Gasteiger charge is 2.18. The minimum absolute atomic E-state index is 0.119. The maximum atomic E-state index is 10.9. The summed E-state index contributed by atoms with van der Waals surface area (Å²) in [6.45, 7) is 0.238. The lowest BCUT2D eigenvalue weighted by Gasteiger charge is -2.09. The average Bonchev–Trinajstić information content (AvgIpc) is 2.37. The molecule has 0 aliphatic heterocycles. The predicted octanol–water partition coefficient (Wildman–Crippen LogP) is 0.855. The summed E-state index contributed by atoms with van der Waals surface area (Å²) in [5.74, 6) is 4.81. The summed E-state index contributed by atoms with van der Waals surface area (Å²) in [6, 6.07) is 4.64. The topological polar surface area (TPSA) is 120 Å². The van der Waals surface area contributed by atoms with Crippen LogP contribution in [0, 0.1) is 10.1 Å². The van der Waals surface area contributed by atoms with Crippen LogP contribution in [0.25, 0.3) is 0 Å². The van der Waals surface area contributed by atoms with E-state index in [2.05, 4.69) is 15.5 Å². The molecular formula is C10H14N4O4. The lowest BCUT2D eigenvalue weighted by atomic mass is 10.2. The van der Waals surface area contributed by atoms with E-state index in [0.717, 1.165) is 0 Å². The summed E-state index contributed by atoms with van der Waals surface area (Å²) >= 11 is 0. The Kier molecular flexibility index (Phi) is 4.88. The predicted molar refractivity (Wildman–Crippen MR) is 66.0 cm³/mol. The molecule has 8 heteroatoms. The van der Waals surface area contributed by atoms with Gasteiger partial charge in [0.2, 0.25) is 0 Å². The normalized spacial score (nSPS) is 9.67. The van der Waals surface area contributed by atoms with Crippen molar-refractivity contribution in [1.29, 1.82) is 0 Å². The van der Waals surface area contributed by atoms with Gasteiger partial charge in [0, 0.05) is 6.54 Å². The van der Waals surface area contributed by atoms with E-state index in [0.29, 0.717) is 5.69 Å². The van der Waals surface area contributed by atoms with Gasteiger partial charge in [-0.1, -0.05) is 6.07 Å². The van der Waals surface area contributed by atoms with Crippen LogP contribution in [0.4, 0.5) is 17.1 Å². The van der Waals surface area contributed by atoms with E-state index < -0.39 is 10.9 Å². The van der Waals surface area contributed by atoms with Crippen LogP contribution in [0.15, 0.2) is 18.2 Å². The van der Waals surface area contributed by atoms with Gasteiger partial charge in [-0.15, -0.1) is 0 Å². The van der Waals surface area contributed by atoms with E-state index in [1.54, 1.807) is 6.07 Å². The van der Waals surface area contributed by atoms with Crippen LogP contribution >= 0.6 is 0 Å². The summed E-state index contributed by atoms with van der Waals surface area (Å²) in [5, 5.41) is 13.7. The van der Waals surface area contributed by atoms with Crippen LogP contribution in [0.2, 0.25) is 0 Å². The quantitative estimate of drug-likeness (QED) is 0.298. The van der Waals surface area contributed by atoms with E-state index in [9.17, 15) is 14.9 Å². The summed E-state index contributed by atoms with van der Waals surface area (Å²) in [6.07, 6.45) is 0.119. The molecule has 0 saturated carbocycles. The summed E-state index contributed by atoms with van der Waals surface area (Å²) < 4.78 is 4.47. The number of nitrogens with one attached hydrogen (secondary N) is 2. The molecule has 0 saturated heterocycles. The second kappa shape index (κ2) is 6.40. The van der Waals surface area contributed by atoms with Gasteiger partial charge in [0.05, 0.1) is 18.5 Å². The number of carbonyl (C=O) groups excluding carboxylic acids is 1. The van der Waals surface area contributed by atoms with Crippen molar-refractivity contribution in [3.63, 3.8) is 0 Å². The number of nitrogen functional groups attached to an aromatic ring is 1. The number of esters is 1. The molecule has 0 radical (unpaired) electrons. The van der Waals surface area contributed by atoms with E-state index in [-0.39, 0.29) is 24.3 Å². The van der Waals surface area contributed by atoms with Crippen molar-refractivity contribution in [2.24, 2.45) is 5.84 Å². The first-order valence-corrected chi connectivity index (χ1v) is 5.15. The molecule has 1 aromatic rings. The number of anilines is 2. The number of rotatable bonds is 6. The minimum Gasteiger partial charge on any atom is -0.469 e. The lowest BCUT2D eigenvalue weighted by molar-refractivity contribution is -0.383. The summed E-state index contributed by atoms with van der Waals surface area (Å²) in [5.41, 5.74) is 2.58. The van der Waals surface area contributed by atoms with Gasteiger partial charge in [0.15, 0.2) is 0 Å². The smallest absolute Gasteiger partial charge is 0.316 e. The first-order chi connectivity index (χ1) is 8.60. The summed E-state index contributed by atoms with van der Waals surface area (Å²) in [7, 11) is 1.28. The number of carbonyl (C=O) groups is 1. The molecule has 0 amide bonds. The highest BCUT2D eigenvalue weighted by atomic mass is 16.6. The van der Waals surface area contributed by atoms with Gasteiger partial charge in [0.25, 0.3) is 0 Å². The third-order valence-corrected chi connectivity index (χ3v) is 2.25. The highest BCUT2D eigenvalue weighted by molar-refractivity contribution is 5.76. The van der Waals surface area contributed by atoms with E-state index in [4.69, 9.17) is 5.84 Å². The highest BCUT2D eigenvalue weighted by Crippen LogP contribution is 2.31. The fourth-order valence-corrected chi connectivity index (χ4v) is 1.40. The Hall–Kier alpha value is -2.35. The van der Waals surface area contributed by atoms with Gasteiger partial charge in [-0.2, -0.15) is 0 Å². The molecule has 0 heterocycles. The number of methoxy groups -OCH3 is 1. The zero-order chi connectivity index (χ0) is 13.5. The first-order valence-electron chi connectivity index (χ1n) is 5.15. The van der Waals surface area contributed by atoms with Crippen molar-refractivity contribution in [2.45, 2.75) is 6.42 Å². The SMILES string of the molecule is COC(=O)CCNc1cccc(NN)c1[N+](=O)[O-]. The second-order valence-corrected chi connectivity index (χ2v) is 3.36. The molecule has 0 aliphatic rings. The van der Waals surface area contributed by atoms with Crippen LogP contribution in [-0.2, 0) is 9.53 Å². The minimum atomic E-state index is -0.546. The molecule has 1 aromatic carbocycles. The number of nitro benzene ring substituents is 1. The van der Waals surface area contributed by atoms with Crippen molar-refractivity contribution in [2.75, 3.05) is 24.4 Å². The molecule has 98 valence electrons. The molecule has 0 bridgehead atoms. The zero-order valence-electron chi connectivity index (χ0n) is 9.80. The number of hydrogen-bond acceptors (Lipinski definition) is 7. The lowest BCUT2D eigenvalue weighted by Crippen LogP contribution is -2.13. The van der Waals surface area contributed by atoms with Gasteiger partial charge in [-0.05, 0) is 12.1 Å². The largest absolute Gasteiger partial charge is 0.469 e. The van der Waals surface area contributed by atoms with Gasteiger partial charge >= 0.3 is 11.7 Å². The Morgan fingerprint density at radius 1 is 1.50 bits per heavy atom. The Morgan fingerprint density at radius 3 is 2.72 bits per heavy atom. The van der Waals surface area contributed by atoms with Crippen LogP contribution in [0.1, 0.15) is 6.42 Å². The van der Waals surface area contributed by atoms with Gasteiger partial charge in [-0.25, -0.2) is 0 Å². The molecule has 0 fully saturated rings. The van der Waals surface area contributed by atoms with Crippen molar-refractivity contribution < 1.29 is 14.5 Å².